The molecule has 0 aliphatic heterocycles. The highest BCUT2D eigenvalue weighted by Crippen LogP contribution is 2.19. The quantitative estimate of drug-likeness (QED) is 0.765. The molecule has 0 aliphatic carbocycles. The average Bonchev–Trinajstić information content (AvgIpc) is 2.81. The van der Waals surface area contributed by atoms with Gasteiger partial charge in [-0.3, -0.25) is 4.79 Å². The van der Waals surface area contributed by atoms with Gasteiger partial charge < -0.3 is 15.4 Å². The third-order valence-corrected chi connectivity index (χ3v) is 3.61. The van der Waals surface area contributed by atoms with Crippen molar-refractivity contribution in [2.45, 2.75) is 32.8 Å². The Kier molecular flexibility index (Phi) is 4.96. The number of aliphatic hydroxyl groups is 1. The Balaban J connectivity index is 1.88. The van der Waals surface area contributed by atoms with Gasteiger partial charge in [0.15, 0.2) is 0 Å². The van der Waals surface area contributed by atoms with E-state index in [0.29, 0.717) is 13.0 Å². The van der Waals surface area contributed by atoms with Crippen LogP contribution in [0.15, 0.2) is 24.4 Å². The highest BCUT2D eigenvalue weighted by molar-refractivity contribution is 5.83. The van der Waals surface area contributed by atoms with Crippen LogP contribution in [0.4, 0.5) is 4.39 Å². The SMILES string of the molecule is CC(C)C(O)CC(=O)NCCc1c[nH]c2ccc(F)cc12. The second-order valence-electron chi connectivity index (χ2n) is 5.62. The lowest BCUT2D eigenvalue weighted by Gasteiger charge is -2.13. The first kappa shape index (κ1) is 15.5. The van der Waals surface area contributed by atoms with Gasteiger partial charge in [0.1, 0.15) is 5.82 Å². The lowest BCUT2D eigenvalue weighted by molar-refractivity contribution is -0.123. The second kappa shape index (κ2) is 6.72. The van der Waals surface area contributed by atoms with Crippen LogP contribution in [0.1, 0.15) is 25.8 Å². The summed E-state index contributed by atoms with van der Waals surface area (Å²) in [5, 5.41) is 13.3. The Labute approximate surface area is 123 Å². The number of aliphatic hydroxyl groups excluding tert-OH is 1. The van der Waals surface area contributed by atoms with Gasteiger partial charge in [0.05, 0.1) is 12.5 Å². The highest BCUT2D eigenvalue weighted by Gasteiger charge is 2.14. The summed E-state index contributed by atoms with van der Waals surface area (Å²) in [6.45, 7) is 4.21. The zero-order valence-electron chi connectivity index (χ0n) is 12.3. The minimum atomic E-state index is -0.618. The van der Waals surface area contributed by atoms with E-state index in [1.807, 2.05) is 20.0 Å². The first-order valence-electron chi connectivity index (χ1n) is 7.17. The molecular formula is C16H21FN2O2. The summed E-state index contributed by atoms with van der Waals surface area (Å²) in [5.41, 5.74) is 1.85. The summed E-state index contributed by atoms with van der Waals surface area (Å²) in [6, 6.07) is 4.61. The number of fused-ring (bicyclic) bond motifs is 1. The number of H-pyrrole nitrogens is 1. The molecule has 1 unspecified atom stereocenters. The number of hydrogen-bond acceptors (Lipinski definition) is 2. The van der Waals surface area contributed by atoms with Crippen LogP contribution >= 0.6 is 0 Å². The minimum absolute atomic E-state index is 0.0624. The Morgan fingerprint density at radius 2 is 2.19 bits per heavy atom. The van der Waals surface area contributed by atoms with Gasteiger partial charge in [-0.2, -0.15) is 0 Å². The third kappa shape index (κ3) is 4.04. The molecule has 0 radical (unpaired) electrons. The number of hydrogen-bond donors (Lipinski definition) is 3. The molecule has 1 aromatic carbocycles. The monoisotopic (exact) mass is 292 g/mol. The smallest absolute Gasteiger partial charge is 0.222 e. The van der Waals surface area contributed by atoms with Crippen LogP contribution in [0.5, 0.6) is 0 Å². The van der Waals surface area contributed by atoms with E-state index >= 15 is 0 Å². The molecule has 1 amide bonds. The van der Waals surface area contributed by atoms with E-state index < -0.39 is 6.10 Å². The van der Waals surface area contributed by atoms with Gasteiger partial charge in [-0.05, 0) is 36.1 Å². The van der Waals surface area contributed by atoms with Crippen molar-refractivity contribution in [3.63, 3.8) is 0 Å². The summed E-state index contributed by atoms with van der Waals surface area (Å²) < 4.78 is 13.3. The van der Waals surface area contributed by atoms with Gasteiger partial charge in [-0.1, -0.05) is 13.8 Å². The molecule has 1 aromatic heterocycles. The molecule has 0 spiro atoms. The lowest BCUT2D eigenvalue weighted by Crippen LogP contribution is -2.30. The third-order valence-electron chi connectivity index (χ3n) is 3.61. The maximum absolute atomic E-state index is 13.3. The van der Waals surface area contributed by atoms with Crippen molar-refractivity contribution in [3.05, 3.63) is 35.8 Å². The zero-order valence-corrected chi connectivity index (χ0v) is 12.3. The topological polar surface area (TPSA) is 65.1 Å². The van der Waals surface area contributed by atoms with Crippen LogP contribution < -0.4 is 5.32 Å². The van der Waals surface area contributed by atoms with Gasteiger partial charge in [-0.25, -0.2) is 4.39 Å². The molecule has 2 aromatic rings. The summed E-state index contributed by atoms with van der Waals surface area (Å²) >= 11 is 0. The zero-order chi connectivity index (χ0) is 15.4. The van der Waals surface area contributed by atoms with Crippen molar-refractivity contribution in [2.75, 3.05) is 6.54 Å². The van der Waals surface area contributed by atoms with Crippen LogP contribution in [0.25, 0.3) is 10.9 Å². The molecule has 1 atom stereocenters. The molecule has 114 valence electrons. The number of amides is 1. The number of benzene rings is 1. The molecule has 2 rings (SSSR count). The van der Waals surface area contributed by atoms with E-state index in [1.165, 1.54) is 12.1 Å². The predicted octanol–water partition coefficient (Wildman–Crippen LogP) is 2.37. The summed E-state index contributed by atoms with van der Waals surface area (Å²) in [6.07, 6.45) is 1.94. The fraction of sp³-hybridized carbons (Fsp3) is 0.438. The van der Waals surface area contributed by atoms with Crippen LogP contribution in [-0.2, 0) is 11.2 Å². The molecule has 5 heteroatoms. The maximum Gasteiger partial charge on any atom is 0.222 e. The maximum atomic E-state index is 13.3. The number of halogens is 1. The van der Waals surface area contributed by atoms with Crippen LogP contribution in [0.2, 0.25) is 0 Å². The van der Waals surface area contributed by atoms with Crippen molar-refractivity contribution in [3.8, 4) is 0 Å². The Bertz CT molecular complexity index is 622. The number of aromatic amines is 1. The van der Waals surface area contributed by atoms with Crippen LogP contribution in [0, 0.1) is 11.7 Å². The van der Waals surface area contributed by atoms with E-state index in [4.69, 9.17) is 0 Å². The van der Waals surface area contributed by atoms with Gasteiger partial charge in [0, 0.05) is 23.6 Å². The molecule has 1 heterocycles. The van der Waals surface area contributed by atoms with E-state index in [9.17, 15) is 14.3 Å². The molecule has 4 nitrogen and oxygen atoms in total. The first-order valence-corrected chi connectivity index (χ1v) is 7.17. The summed E-state index contributed by atoms with van der Waals surface area (Å²) in [5.74, 6) is -0.373. The summed E-state index contributed by atoms with van der Waals surface area (Å²) in [4.78, 5) is 14.7. The molecule has 0 aliphatic rings. The second-order valence-corrected chi connectivity index (χ2v) is 5.62. The molecule has 0 saturated heterocycles. The number of carbonyl (C=O) groups excluding carboxylic acids is 1. The fourth-order valence-corrected chi connectivity index (χ4v) is 2.19. The average molecular weight is 292 g/mol. The van der Waals surface area contributed by atoms with Crippen LogP contribution in [0.3, 0.4) is 0 Å². The van der Waals surface area contributed by atoms with Crippen molar-refractivity contribution >= 4 is 16.8 Å². The first-order chi connectivity index (χ1) is 9.97. The van der Waals surface area contributed by atoms with Crippen molar-refractivity contribution < 1.29 is 14.3 Å². The predicted molar refractivity (Wildman–Crippen MR) is 80.4 cm³/mol. The molecule has 21 heavy (non-hydrogen) atoms. The molecule has 0 bridgehead atoms. The lowest BCUT2D eigenvalue weighted by atomic mass is 10.0. The number of nitrogens with one attached hydrogen (secondary N) is 2. The number of rotatable bonds is 6. The van der Waals surface area contributed by atoms with E-state index in [1.54, 1.807) is 6.07 Å². The van der Waals surface area contributed by atoms with Crippen molar-refractivity contribution in [2.24, 2.45) is 5.92 Å². The Hall–Kier alpha value is -1.88. The molecule has 3 N–H and O–H groups in total. The van der Waals surface area contributed by atoms with Gasteiger partial charge in [0.25, 0.3) is 0 Å². The fourth-order valence-electron chi connectivity index (χ4n) is 2.19. The summed E-state index contributed by atoms with van der Waals surface area (Å²) in [7, 11) is 0. The Morgan fingerprint density at radius 1 is 1.43 bits per heavy atom. The standard InChI is InChI=1S/C16H21FN2O2/c1-10(2)15(20)8-16(21)18-6-5-11-9-19-14-4-3-12(17)7-13(11)14/h3-4,7,9-10,15,19-20H,5-6,8H2,1-2H3,(H,18,21). The number of carbonyl (C=O) groups is 1. The van der Waals surface area contributed by atoms with E-state index in [-0.39, 0.29) is 24.1 Å². The van der Waals surface area contributed by atoms with E-state index in [2.05, 4.69) is 10.3 Å². The largest absolute Gasteiger partial charge is 0.392 e. The van der Waals surface area contributed by atoms with Gasteiger partial charge in [0.2, 0.25) is 5.91 Å². The Morgan fingerprint density at radius 3 is 2.90 bits per heavy atom. The number of aromatic nitrogens is 1. The van der Waals surface area contributed by atoms with Crippen molar-refractivity contribution in [1.82, 2.24) is 10.3 Å². The van der Waals surface area contributed by atoms with Gasteiger partial charge >= 0.3 is 0 Å². The minimum Gasteiger partial charge on any atom is -0.392 e. The van der Waals surface area contributed by atoms with E-state index in [0.717, 1.165) is 16.5 Å². The molecular weight excluding hydrogens is 271 g/mol. The molecule has 0 fully saturated rings. The normalized spacial score (nSPS) is 12.8. The molecule has 0 saturated carbocycles. The van der Waals surface area contributed by atoms with Crippen LogP contribution in [-0.4, -0.2) is 28.6 Å². The highest BCUT2D eigenvalue weighted by atomic mass is 19.1. The van der Waals surface area contributed by atoms with Crippen molar-refractivity contribution in [1.29, 1.82) is 0 Å². The van der Waals surface area contributed by atoms with Gasteiger partial charge in [-0.15, -0.1) is 0 Å².